The van der Waals surface area contributed by atoms with E-state index in [0.29, 0.717) is 22.8 Å². The molecule has 0 radical (unpaired) electrons. The van der Waals surface area contributed by atoms with E-state index >= 15 is 0 Å². The summed E-state index contributed by atoms with van der Waals surface area (Å²) in [6, 6.07) is 1.09. The number of aromatic nitrogens is 3. The lowest BCUT2D eigenvalue weighted by atomic mass is 10.2. The Balaban J connectivity index is 2.16. The fourth-order valence-corrected chi connectivity index (χ4v) is 2.86. The molecule has 2 aromatic rings. The first kappa shape index (κ1) is 15.2. The largest absolute Gasteiger partial charge is 0.477 e. The molecule has 112 valence electrons. The zero-order valence-electron chi connectivity index (χ0n) is 12.0. The number of carboxylic acids is 1. The SMILES string of the molecule is CCn1ncnc1C(C)NC(=O)c1cc(C(=O)O)sc1C. The molecule has 0 aliphatic heterocycles. The number of aromatic carboxylic acids is 1. The molecule has 0 aromatic carbocycles. The van der Waals surface area contributed by atoms with Gasteiger partial charge in [0, 0.05) is 11.4 Å². The van der Waals surface area contributed by atoms with E-state index in [2.05, 4.69) is 15.4 Å². The van der Waals surface area contributed by atoms with Crippen LogP contribution in [0, 0.1) is 6.92 Å². The van der Waals surface area contributed by atoms with Crippen LogP contribution >= 0.6 is 11.3 Å². The minimum atomic E-state index is -1.03. The smallest absolute Gasteiger partial charge is 0.345 e. The van der Waals surface area contributed by atoms with E-state index in [1.807, 2.05) is 13.8 Å². The van der Waals surface area contributed by atoms with Crippen molar-refractivity contribution in [3.8, 4) is 0 Å². The van der Waals surface area contributed by atoms with Crippen LogP contribution in [0.1, 0.15) is 50.6 Å². The normalized spacial score (nSPS) is 12.1. The van der Waals surface area contributed by atoms with Crippen LogP contribution < -0.4 is 5.32 Å². The van der Waals surface area contributed by atoms with E-state index in [9.17, 15) is 9.59 Å². The number of amides is 1. The van der Waals surface area contributed by atoms with E-state index in [1.165, 1.54) is 12.4 Å². The van der Waals surface area contributed by atoms with Gasteiger partial charge in [-0.15, -0.1) is 11.3 Å². The number of nitrogens with one attached hydrogen (secondary N) is 1. The van der Waals surface area contributed by atoms with Gasteiger partial charge in [-0.1, -0.05) is 0 Å². The summed E-state index contributed by atoms with van der Waals surface area (Å²) in [5.74, 6) is -0.674. The topological polar surface area (TPSA) is 97.1 Å². The van der Waals surface area contributed by atoms with Gasteiger partial charge in [0.2, 0.25) is 0 Å². The van der Waals surface area contributed by atoms with Crippen LogP contribution in [0.15, 0.2) is 12.4 Å². The van der Waals surface area contributed by atoms with E-state index in [-0.39, 0.29) is 16.8 Å². The third kappa shape index (κ3) is 3.10. The summed E-state index contributed by atoms with van der Waals surface area (Å²) in [7, 11) is 0. The van der Waals surface area contributed by atoms with Gasteiger partial charge in [-0.3, -0.25) is 4.79 Å². The van der Waals surface area contributed by atoms with Crippen LogP contribution in [0.5, 0.6) is 0 Å². The lowest BCUT2D eigenvalue weighted by Gasteiger charge is -2.13. The van der Waals surface area contributed by atoms with Crippen molar-refractivity contribution in [2.24, 2.45) is 0 Å². The van der Waals surface area contributed by atoms with Gasteiger partial charge in [-0.2, -0.15) is 5.10 Å². The molecule has 0 aliphatic rings. The summed E-state index contributed by atoms with van der Waals surface area (Å²) in [6.45, 7) is 6.14. The molecule has 0 bridgehead atoms. The van der Waals surface area contributed by atoms with Crippen molar-refractivity contribution in [1.82, 2.24) is 20.1 Å². The Morgan fingerprint density at radius 1 is 1.52 bits per heavy atom. The van der Waals surface area contributed by atoms with Crippen molar-refractivity contribution < 1.29 is 14.7 Å². The second-order valence-electron chi connectivity index (χ2n) is 4.51. The van der Waals surface area contributed by atoms with Gasteiger partial charge in [0.1, 0.15) is 17.0 Å². The van der Waals surface area contributed by atoms with Gasteiger partial charge < -0.3 is 10.4 Å². The molecule has 2 aromatic heterocycles. The average molecular weight is 308 g/mol. The Morgan fingerprint density at radius 3 is 2.81 bits per heavy atom. The minimum Gasteiger partial charge on any atom is -0.477 e. The molecule has 1 unspecified atom stereocenters. The predicted molar refractivity (Wildman–Crippen MR) is 77.6 cm³/mol. The summed E-state index contributed by atoms with van der Waals surface area (Å²) >= 11 is 1.09. The number of nitrogens with zero attached hydrogens (tertiary/aromatic N) is 3. The van der Waals surface area contributed by atoms with Crippen LogP contribution in [0.3, 0.4) is 0 Å². The number of rotatable bonds is 5. The number of carboxylic acid groups (broad SMARTS) is 1. The lowest BCUT2D eigenvalue weighted by molar-refractivity contribution is 0.0702. The van der Waals surface area contributed by atoms with Gasteiger partial charge in [0.15, 0.2) is 0 Å². The molecule has 1 atom stereocenters. The maximum Gasteiger partial charge on any atom is 0.345 e. The maximum absolute atomic E-state index is 12.3. The molecule has 0 spiro atoms. The van der Waals surface area contributed by atoms with Crippen molar-refractivity contribution in [3.63, 3.8) is 0 Å². The molecule has 2 rings (SSSR count). The Hall–Kier alpha value is -2.22. The maximum atomic E-state index is 12.3. The van der Waals surface area contributed by atoms with E-state index in [0.717, 1.165) is 11.3 Å². The van der Waals surface area contributed by atoms with Crippen molar-refractivity contribution in [1.29, 1.82) is 0 Å². The summed E-state index contributed by atoms with van der Waals surface area (Å²) < 4.78 is 1.70. The molecular weight excluding hydrogens is 292 g/mol. The second kappa shape index (κ2) is 6.04. The Kier molecular flexibility index (Phi) is 4.37. The first-order valence-electron chi connectivity index (χ1n) is 6.46. The minimum absolute atomic E-state index is 0.155. The zero-order valence-corrected chi connectivity index (χ0v) is 12.8. The van der Waals surface area contributed by atoms with Gasteiger partial charge in [0.25, 0.3) is 5.91 Å². The van der Waals surface area contributed by atoms with Crippen LogP contribution in [0.2, 0.25) is 0 Å². The molecule has 7 nitrogen and oxygen atoms in total. The summed E-state index contributed by atoms with van der Waals surface area (Å²) in [4.78, 5) is 28.2. The summed E-state index contributed by atoms with van der Waals surface area (Å²) in [5, 5.41) is 15.8. The standard InChI is InChI=1S/C13H16N4O3S/c1-4-17-11(14-6-15-17)7(2)16-12(18)9-5-10(13(19)20)21-8(9)3/h5-7H,4H2,1-3H3,(H,16,18)(H,19,20). The fraction of sp³-hybridized carbons (Fsp3) is 0.385. The summed E-state index contributed by atoms with van der Waals surface area (Å²) in [5.41, 5.74) is 0.381. The fourth-order valence-electron chi connectivity index (χ4n) is 2.00. The highest BCUT2D eigenvalue weighted by Gasteiger charge is 2.20. The van der Waals surface area contributed by atoms with E-state index in [4.69, 9.17) is 5.11 Å². The van der Waals surface area contributed by atoms with Crippen molar-refractivity contribution in [3.05, 3.63) is 33.5 Å². The van der Waals surface area contributed by atoms with Gasteiger partial charge >= 0.3 is 5.97 Å². The molecule has 0 saturated carbocycles. The highest BCUT2D eigenvalue weighted by molar-refractivity contribution is 7.14. The molecule has 0 saturated heterocycles. The van der Waals surface area contributed by atoms with Crippen molar-refractivity contribution >= 4 is 23.2 Å². The Labute approximate surface area is 125 Å². The van der Waals surface area contributed by atoms with Gasteiger partial charge in [-0.05, 0) is 26.8 Å². The first-order valence-corrected chi connectivity index (χ1v) is 7.28. The summed E-state index contributed by atoms with van der Waals surface area (Å²) in [6.07, 6.45) is 1.44. The average Bonchev–Trinajstić information content (AvgIpc) is 3.04. The zero-order chi connectivity index (χ0) is 15.6. The van der Waals surface area contributed by atoms with Crippen LogP contribution in [0.4, 0.5) is 0 Å². The number of hydrogen-bond donors (Lipinski definition) is 2. The second-order valence-corrected chi connectivity index (χ2v) is 5.77. The molecule has 1 amide bonds. The Morgan fingerprint density at radius 2 is 2.24 bits per heavy atom. The highest BCUT2D eigenvalue weighted by Crippen LogP contribution is 2.22. The molecule has 8 heteroatoms. The van der Waals surface area contributed by atoms with Crippen LogP contribution in [-0.2, 0) is 6.54 Å². The predicted octanol–water partition coefficient (Wildman–Crippen LogP) is 1.86. The van der Waals surface area contributed by atoms with Crippen molar-refractivity contribution in [2.45, 2.75) is 33.4 Å². The monoisotopic (exact) mass is 308 g/mol. The highest BCUT2D eigenvalue weighted by atomic mass is 32.1. The third-order valence-corrected chi connectivity index (χ3v) is 4.09. The number of aryl methyl sites for hydroxylation is 2. The Bertz CT molecular complexity index is 677. The van der Waals surface area contributed by atoms with Gasteiger partial charge in [0.05, 0.1) is 11.6 Å². The number of hydrogen-bond acceptors (Lipinski definition) is 5. The van der Waals surface area contributed by atoms with E-state index < -0.39 is 5.97 Å². The lowest BCUT2D eigenvalue weighted by Crippen LogP contribution is -2.29. The van der Waals surface area contributed by atoms with Gasteiger partial charge in [-0.25, -0.2) is 14.5 Å². The number of carbonyl (C=O) groups is 2. The molecule has 0 fully saturated rings. The third-order valence-electron chi connectivity index (χ3n) is 3.05. The van der Waals surface area contributed by atoms with E-state index in [1.54, 1.807) is 11.6 Å². The number of thiophene rings is 1. The molecule has 21 heavy (non-hydrogen) atoms. The van der Waals surface area contributed by atoms with Crippen LogP contribution in [0.25, 0.3) is 0 Å². The number of carbonyl (C=O) groups excluding carboxylic acids is 1. The molecular formula is C13H16N4O3S. The van der Waals surface area contributed by atoms with Crippen LogP contribution in [-0.4, -0.2) is 31.7 Å². The first-order chi connectivity index (χ1) is 9.93. The molecule has 2 N–H and O–H groups in total. The quantitative estimate of drug-likeness (QED) is 0.878. The van der Waals surface area contributed by atoms with Crippen molar-refractivity contribution in [2.75, 3.05) is 0 Å². The molecule has 2 heterocycles. The molecule has 0 aliphatic carbocycles.